The van der Waals surface area contributed by atoms with E-state index in [0.717, 1.165) is 24.8 Å². The SMILES string of the molecule is CCCC[C@@H](NN)c1ccc(F)cc1. The predicted octanol–water partition coefficient (Wildman–Crippen LogP) is 2.52. The molecule has 1 rings (SSSR count). The van der Waals surface area contributed by atoms with Crippen LogP contribution in [0.5, 0.6) is 0 Å². The number of rotatable bonds is 5. The summed E-state index contributed by atoms with van der Waals surface area (Å²) in [6.45, 7) is 2.14. The smallest absolute Gasteiger partial charge is 0.123 e. The van der Waals surface area contributed by atoms with Crippen molar-refractivity contribution >= 4 is 0 Å². The van der Waals surface area contributed by atoms with Gasteiger partial charge in [0, 0.05) is 6.04 Å². The molecule has 3 N–H and O–H groups in total. The van der Waals surface area contributed by atoms with Gasteiger partial charge in [-0.05, 0) is 24.1 Å². The van der Waals surface area contributed by atoms with E-state index in [1.165, 1.54) is 12.1 Å². The van der Waals surface area contributed by atoms with Gasteiger partial charge < -0.3 is 0 Å². The second-order valence-corrected chi connectivity index (χ2v) is 3.41. The standard InChI is InChI=1S/C11H17FN2/c1-2-3-4-11(14-13)9-5-7-10(12)8-6-9/h5-8,11,14H,2-4,13H2,1H3/t11-/m1/s1. The highest BCUT2D eigenvalue weighted by Gasteiger charge is 2.08. The third-order valence-corrected chi connectivity index (χ3v) is 2.32. The van der Waals surface area contributed by atoms with E-state index in [4.69, 9.17) is 5.84 Å². The van der Waals surface area contributed by atoms with Gasteiger partial charge in [-0.2, -0.15) is 0 Å². The first kappa shape index (κ1) is 11.1. The molecule has 0 unspecified atom stereocenters. The van der Waals surface area contributed by atoms with Crippen LogP contribution in [-0.2, 0) is 0 Å². The Morgan fingerprint density at radius 1 is 1.36 bits per heavy atom. The predicted molar refractivity (Wildman–Crippen MR) is 56.0 cm³/mol. The highest BCUT2D eigenvalue weighted by molar-refractivity contribution is 5.19. The molecule has 0 aliphatic carbocycles. The number of nitrogens with two attached hydrogens (primary N) is 1. The molecule has 0 fully saturated rings. The number of hydrogen-bond acceptors (Lipinski definition) is 2. The van der Waals surface area contributed by atoms with Crippen molar-refractivity contribution in [2.45, 2.75) is 32.2 Å². The third-order valence-electron chi connectivity index (χ3n) is 2.32. The van der Waals surface area contributed by atoms with Gasteiger partial charge in [-0.25, -0.2) is 4.39 Å². The fourth-order valence-corrected chi connectivity index (χ4v) is 1.45. The van der Waals surface area contributed by atoms with E-state index in [9.17, 15) is 4.39 Å². The fourth-order valence-electron chi connectivity index (χ4n) is 1.45. The lowest BCUT2D eigenvalue weighted by Crippen LogP contribution is -2.27. The normalized spacial score (nSPS) is 12.8. The van der Waals surface area contributed by atoms with E-state index in [2.05, 4.69) is 12.3 Å². The molecule has 78 valence electrons. The Hall–Kier alpha value is -0.930. The Balaban J connectivity index is 2.64. The third kappa shape index (κ3) is 3.09. The van der Waals surface area contributed by atoms with Crippen molar-refractivity contribution < 1.29 is 4.39 Å². The van der Waals surface area contributed by atoms with Crippen LogP contribution in [-0.4, -0.2) is 0 Å². The van der Waals surface area contributed by atoms with E-state index < -0.39 is 0 Å². The highest BCUT2D eigenvalue weighted by Crippen LogP contribution is 2.18. The first-order chi connectivity index (χ1) is 6.77. The molecule has 2 nitrogen and oxygen atoms in total. The first-order valence-electron chi connectivity index (χ1n) is 4.99. The Morgan fingerprint density at radius 2 is 2.00 bits per heavy atom. The van der Waals surface area contributed by atoms with Crippen molar-refractivity contribution in [2.75, 3.05) is 0 Å². The maximum Gasteiger partial charge on any atom is 0.123 e. The number of nitrogens with one attached hydrogen (secondary N) is 1. The van der Waals surface area contributed by atoms with Crippen LogP contribution in [0.3, 0.4) is 0 Å². The van der Waals surface area contributed by atoms with Gasteiger partial charge in [-0.15, -0.1) is 0 Å². The number of hydrazine groups is 1. The molecule has 1 atom stereocenters. The second kappa shape index (κ2) is 5.73. The molecule has 0 saturated heterocycles. The zero-order valence-electron chi connectivity index (χ0n) is 8.46. The molecule has 3 heteroatoms. The average Bonchev–Trinajstić information content (AvgIpc) is 2.21. The molecular formula is C11H17FN2. The summed E-state index contributed by atoms with van der Waals surface area (Å²) >= 11 is 0. The minimum absolute atomic E-state index is 0.135. The summed E-state index contributed by atoms with van der Waals surface area (Å²) < 4.78 is 12.7. The van der Waals surface area contributed by atoms with Crippen molar-refractivity contribution in [3.05, 3.63) is 35.6 Å². The van der Waals surface area contributed by atoms with E-state index in [1.807, 2.05) is 0 Å². The topological polar surface area (TPSA) is 38.0 Å². The molecule has 0 amide bonds. The van der Waals surface area contributed by atoms with E-state index >= 15 is 0 Å². The molecule has 14 heavy (non-hydrogen) atoms. The van der Waals surface area contributed by atoms with Gasteiger partial charge in [-0.1, -0.05) is 31.9 Å². The van der Waals surface area contributed by atoms with Crippen LogP contribution in [0, 0.1) is 5.82 Å². The molecule has 0 spiro atoms. The second-order valence-electron chi connectivity index (χ2n) is 3.41. The van der Waals surface area contributed by atoms with Crippen LogP contribution in [0.2, 0.25) is 0 Å². The van der Waals surface area contributed by atoms with Gasteiger partial charge in [0.15, 0.2) is 0 Å². The van der Waals surface area contributed by atoms with Crippen LogP contribution in [0.4, 0.5) is 4.39 Å². The molecule has 0 aliphatic rings. The minimum atomic E-state index is -0.208. The van der Waals surface area contributed by atoms with Crippen LogP contribution in [0.15, 0.2) is 24.3 Å². The monoisotopic (exact) mass is 196 g/mol. The molecule has 0 saturated carbocycles. The average molecular weight is 196 g/mol. The van der Waals surface area contributed by atoms with Gasteiger partial charge in [-0.3, -0.25) is 11.3 Å². The maximum absolute atomic E-state index is 12.7. The first-order valence-corrected chi connectivity index (χ1v) is 4.99. The van der Waals surface area contributed by atoms with E-state index in [0.29, 0.717) is 0 Å². The molecule has 1 aromatic carbocycles. The van der Waals surface area contributed by atoms with Crippen LogP contribution >= 0.6 is 0 Å². The molecule has 0 heterocycles. The Morgan fingerprint density at radius 3 is 2.50 bits per heavy atom. The van der Waals surface area contributed by atoms with Gasteiger partial charge in [0.25, 0.3) is 0 Å². The Kier molecular flexibility index (Phi) is 4.56. The lowest BCUT2D eigenvalue weighted by Gasteiger charge is -2.15. The van der Waals surface area contributed by atoms with Gasteiger partial charge in [0.1, 0.15) is 5.82 Å². The summed E-state index contributed by atoms with van der Waals surface area (Å²) in [5, 5.41) is 0. The highest BCUT2D eigenvalue weighted by atomic mass is 19.1. The summed E-state index contributed by atoms with van der Waals surface area (Å²) in [6.07, 6.45) is 3.24. The van der Waals surface area contributed by atoms with Crippen molar-refractivity contribution in [1.29, 1.82) is 0 Å². The summed E-state index contributed by atoms with van der Waals surface area (Å²) in [7, 11) is 0. The number of unbranched alkanes of at least 4 members (excludes halogenated alkanes) is 1. The lowest BCUT2D eigenvalue weighted by molar-refractivity contribution is 0.494. The van der Waals surface area contributed by atoms with Gasteiger partial charge in [0.2, 0.25) is 0 Å². The van der Waals surface area contributed by atoms with Crippen LogP contribution in [0.1, 0.15) is 37.8 Å². The molecule has 1 aromatic rings. The zero-order chi connectivity index (χ0) is 10.4. The van der Waals surface area contributed by atoms with Crippen molar-refractivity contribution in [3.63, 3.8) is 0 Å². The van der Waals surface area contributed by atoms with Crippen molar-refractivity contribution in [3.8, 4) is 0 Å². The zero-order valence-corrected chi connectivity index (χ0v) is 8.46. The van der Waals surface area contributed by atoms with Gasteiger partial charge in [0.05, 0.1) is 0 Å². The Bertz CT molecular complexity index is 258. The summed E-state index contributed by atoms with van der Waals surface area (Å²) in [5.41, 5.74) is 3.79. The number of benzene rings is 1. The Labute approximate surface area is 84.3 Å². The molecule has 0 radical (unpaired) electrons. The van der Waals surface area contributed by atoms with Crippen molar-refractivity contribution in [2.24, 2.45) is 5.84 Å². The quantitative estimate of drug-likeness (QED) is 0.561. The number of hydrogen-bond donors (Lipinski definition) is 2. The maximum atomic E-state index is 12.7. The summed E-state index contributed by atoms with van der Waals surface area (Å²) in [6, 6.07) is 6.61. The van der Waals surface area contributed by atoms with E-state index in [1.54, 1.807) is 12.1 Å². The van der Waals surface area contributed by atoms with Crippen LogP contribution < -0.4 is 11.3 Å². The summed E-state index contributed by atoms with van der Waals surface area (Å²) in [4.78, 5) is 0. The summed E-state index contributed by atoms with van der Waals surface area (Å²) in [5.74, 6) is 5.23. The molecule has 0 bridgehead atoms. The lowest BCUT2D eigenvalue weighted by atomic mass is 10.0. The van der Waals surface area contributed by atoms with Crippen LogP contribution in [0.25, 0.3) is 0 Å². The van der Waals surface area contributed by atoms with Crippen molar-refractivity contribution in [1.82, 2.24) is 5.43 Å². The van der Waals surface area contributed by atoms with Gasteiger partial charge >= 0.3 is 0 Å². The molecule has 0 aliphatic heterocycles. The minimum Gasteiger partial charge on any atom is -0.271 e. The fraction of sp³-hybridized carbons (Fsp3) is 0.455. The molecule has 0 aromatic heterocycles. The van der Waals surface area contributed by atoms with E-state index in [-0.39, 0.29) is 11.9 Å². The largest absolute Gasteiger partial charge is 0.271 e. The molecular weight excluding hydrogens is 179 g/mol. The number of halogens is 1.